The van der Waals surface area contributed by atoms with E-state index in [-0.39, 0.29) is 23.9 Å². The number of anilines is 2. The number of hydrogen-bond donors (Lipinski definition) is 2. The molecule has 2 rings (SSSR count). The van der Waals surface area contributed by atoms with Crippen molar-refractivity contribution in [1.82, 2.24) is 0 Å². The Morgan fingerprint density at radius 3 is 2.41 bits per heavy atom. The number of ether oxygens (including phenoxy) is 1. The summed E-state index contributed by atoms with van der Waals surface area (Å²) in [6.45, 7) is -2.96. The topological polar surface area (TPSA) is 50.4 Å². The summed E-state index contributed by atoms with van der Waals surface area (Å²) in [6.07, 6.45) is 0. The summed E-state index contributed by atoms with van der Waals surface area (Å²) < 4.78 is 29.8. The third kappa shape index (κ3) is 4.70. The standard InChI is InChI=1S/C15H13BrF2N2O2/c16-10-5-1-2-6-11(10)19-9-14(21)20-12-7-3-4-8-13(12)22-15(17)18/h1-8,15,19H,9H2,(H,20,21). The Morgan fingerprint density at radius 1 is 1.09 bits per heavy atom. The molecule has 0 bridgehead atoms. The van der Waals surface area contributed by atoms with Crippen LogP contribution in [0.2, 0.25) is 0 Å². The molecule has 0 saturated heterocycles. The second-order valence-electron chi connectivity index (χ2n) is 4.26. The Kier molecular flexibility index (Phi) is 5.71. The predicted molar refractivity (Wildman–Crippen MR) is 84.3 cm³/mol. The highest BCUT2D eigenvalue weighted by atomic mass is 79.9. The molecule has 116 valence electrons. The summed E-state index contributed by atoms with van der Waals surface area (Å²) in [5, 5.41) is 5.48. The summed E-state index contributed by atoms with van der Waals surface area (Å²) in [7, 11) is 0. The van der Waals surface area contributed by atoms with Crippen molar-refractivity contribution < 1.29 is 18.3 Å². The first-order chi connectivity index (χ1) is 10.6. The summed E-state index contributed by atoms with van der Waals surface area (Å²) in [5.74, 6) is -0.451. The van der Waals surface area contributed by atoms with Crippen LogP contribution in [0, 0.1) is 0 Å². The zero-order valence-electron chi connectivity index (χ0n) is 11.4. The van der Waals surface area contributed by atoms with Crippen LogP contribution in [0.25, 0.3) is 0 Å². The SMILES string of the molecule is O=C(CNc1ccccc1Br)Nc1ccccc1OC(F)F. The van der Waals surface area contributed by atoms with E-state index in [0.717, 1.165) is 10.2 Å². The molecule has 1 amide bonds. The van der Waals surface area contributed by atoms with E-state index in [0.29, 0.717) is 0 Å². The van der Waals surface area contributed by atoms with Crippen molar-refractivity contribution in [2.45, 2.75) is 6.61 Å². The van der Waals surface area contributed by atoms with E-state index in [1.165, 1.54) is 12.1 Å². The van der Waals surface area contributed by atoms with Gasteiger partial charge in [-0.2, -0.15) is 8.78 Å². The highest BCUT2D eigenvalue weighted by Crippen LogP contribution is 2.25. The van der Waals surface area contributed by atoms with Gasteiger partial charge < -0.3 is 15.4 Å². The highest BCUT2D eigenvalue weighted by Gasteiger charge is 2.11. The molecule has 2 aromatic rings. The molecule has 0 heterocycles. The smallest absolute Gasteiger partial charge is 0.387 e. The van der Waals surface area contributed by atoms with E-state index in [9.17, 15) is 13.6 Å². The number of carbonyl (C=O) groups is 1. The van der Waals surface area contributed by atoms with Gasteiger partial charge in [-0.15, -0.1) is 0 Å². The number of benzene rings is 2. The maximum absolute atomic E-state index is 12.3. The monoisotopic (exact) mass is 370 g/mol. The van der Waals surface area contributed by atoms with E-state index >= 15 is 0 Å². The van der Waals surface area contributed by atoms with Crippen LogP contribution in [0.1, 0.15) is 0 Å². The molecule has 0 aromatic heterocycles. The lowest BCUT2D eigenvalue weighted by atomic mass is 10.3. The van der Waals surface area contributed by atoms with Crippen molar-refractivity contribution >= 4 is 33.2 Å². The molecule has 0 aliphatic rings. The van der Waals surface area contributed by atoms with Gasteiger partial charge in [0.2, 0.25) is 5.91 Å². The van der Waals surface area contributed by atoms with E-state index < -0.39 is 6.61 Å². The number of amides is 1. The normalized spacial score (nSPS) is 10.4. The Morgan fingerprint density at radius 2 is 1.73 bits per heavy atom. The van der Waals surface area contributed by atoms with Crippen LogP contribution in [0.4, 0.5) is 20.2 Å². The van der Waals surface area contributed by atoms with E-state index in [1.807, 2.05) is 24.3 Å². The van der Waals surface area contributed by atoms with Crippen LogP contribution < -0.4 is 15.4 Å². The van der Waals surface area contributed by atoms with Crippen molar-refractivity contribution in [3.8, 4) is 5.75 Å². The Labute approximate surface area is 134 Å². The predicted octanol–water partition coefficient (Wildman–Crippen LogP) is 4.10. The van der Waals surface area contributed by atoms with Gasteiger partial charge in [0.25, 0.3) is 0 Å². The fourth-order valence-corrected chi connectivity index (χ4v) is 2.17. The van der Waals surface area contributed by atoms with Gasteiger partial charge in [-0.25, -0.2) is 0 Å². The second kappa shape index (κ2) is 7.74. The lowest BCUT2D eigenvalue weighted by Crippen LogP contribution is -2.22. The van der Waals surface area contributed by atoms with Crippen LogP contribution in [0.15, 0.2) is 53.0 Å². The zero-order chi connectivity index (χ0) is 15.9. The number of rotatable bonds is 6. The molecular weight excluding hydrogens is 358 g/mol. The number of hydrogen-bond acceptors (Lipinski definition) is 3. The molecule has 2 aromatic carbocycles. The molecule has 22 heavy (non-hydrogen) atoms. The van der Waals surface area contributed by atoms with Crippen molar-refractivity contribution in [3.05, 3.63) is 53.0 Å². The molecule has 7 heteroatoms. The summed E-state index contributed by atoms with van der Waals surface area (Å²) in [5.41, 5.74) is 0.955. The Balaban J connectivity index is 1.96. The number of carbonyl (C=O) groups excluding carboxylic acids is 1. The minimum atomic E-state index is -2.95. The van der Waals surface area contributed by atoms with Gasteiger partial charge in [0.05, 0.1) is 12.2 Å². The number of para-hydroxylation sites is 3. The number of nitrogens with one attached hydrogen (secondary N) is 2. The maximum atomic E-state index is 12.3. The van der Waals surface area contributed by atoms with Crippen LogP contribution in [0.3, 0.4) is 0 Å². The molecule has 0 aliphatic carbocycles. The molecule has 0 atom stereocenters. The molecular formula is C15H13BrF2N2O2. The fourth-order valence-electron chi connectivity index (χ4n) is 1.74. The van der Waals surface area contributed by atoms with Gasteiger partial charge in [-0.1, -0.05) is 24.3 Å². The second-order valence-corrected chi connectivity index (χ2v) is 5.11. The van der Waals surface area contributed by atoms with E-state index in [1.54, 1.807) is 12.1 Å². The van der Waals surface area contributed by atoms with Gasteiger partial charge in [0.15, 0.2) is 0 Å². The van der Waals surface area contributed by atoms with Crippen LogP contribution in [-0.2, 0) is 4.79 Å². The average molecular weight is 371 g/mol. The Hall–Kier alpha value is -2.15. The van der Waals surface area contributed by atoms with Gasteiger partial charge in [0, 0.05) is 10.2 Å². The summed E-state index contributed by atoms with van der Waals surface area (Å²) in [6, 6.07) is 13.4. The molecule has 2 N–H and O–H groups in total. The number of alkyl halides is 2. The highest BCUT2D eigenvalue weighted by molar-refractivity contribution is 9.10. The summed E-state index contributed by atoms with van der Waals surface area (Å²) >= 11 is 3.35. The first-order valence-corrected chi connectivity index (χ1v) is 7.17. The molecule has 0 spiro atoms. The van der Waals surface area contributed by atoms with Crippen LogP contribution in [-0.4, -0.2) is 19.1 Å². The fraction of sp³-hybridized carbons (Fsp3) is 0.133. The third-order valence-corrected chi connectivity index (χ3v) is 3.38. The zero-order valence-corrected chi connectivity index (χ0v) is 12.9. The lowest BCUT2D eigenvalue weighted by Gasteiger charge is -2.12. The molecule has 0 unspecified atom stereocenters. The van der Waals surface area contributed by atoms with E-state index in [2.05, 4.69) is 31.3 Å². The lowest BCUT2D eigenvalue weighted by molar-refractivity contribution is -0.114. The van der Waals surface area contributed by atoms with Crippen LogP contribution >= 0.6 is 15.9 Å². The first kappa shape index (κ1) is 16.2. The minimum absolute atomic E-state index is 0.00831. The van der Waals surface area contributed by atoms with Crippen molar-refractivity contribution in [2.75, 3.05) is 17.2 Å². The molecule has 0 aliphatic heterocycles. The van der Waals surface area contributed by atoms with Gasteiger partial charge in [0.1, 0.15) is 5.75 Å². The van der Waals surface area contributed by atoms with Gasteiger partial charge >= 0.3 is 6.61 Å². The average Bonchev–Trinajstić information content (AvgIpc) is 2.48. The molecule has 0 fully saturated rings. The van der Waals surface area contributed by atoms with E-state index in [4.69, 9.17) is 0 Å². The van der Waals surface area contributed by atoms with Crippen LogP contribution in [0.5, 0.6) is 5.75 Å². The molecule has 0 saturated carbocycles. The quantitative estimate of drug-likeness (QED) is 0.804. The van der Waals surface area contributed by atoms with Gasteiger partial charge in [-0.3, -0.25) is 4.79 Å². The third-order valence-electron chi connectivity index (χ3n) is 2.69. The van der Waals surface area contributed by atoms with Crippen molar-refractivity contribution in [2.24, 2.45) is 0 Å². The van der Waals surface area contributed by atoms with Crippen molar-refractivity contribution in [1.29, 1.82) is 0 Å². The number of halogens is 3. The molecule has 0 radical (unpaired) electrons. The maximum Gasteiger partial charge on any atom is 0.387 e. The van der Waals surface area contributed by atoms with Gasteiger partial charge in [-0.05, 0) is 40.2 Å². The largest absolute Gasteiger partial charge is 0.433 e. The minimum Gasteiger partial charge on any atom is -0.433 e. The Bertz CT molecular complexity index is 653. The molecule has 4 nitrogen and oxygen atoms in total. The summed E-state index contributed by atoms with van der Waals surface area (Å²) in [4.78, 5) is 11.9. The van der Waals surface area contributed by atoms with Crippen molar-refractivity contribution in [3.63, 3.8) is 0 Å². The first-order valence-electron chi connectivity index (χ1n) is 6.38.